The Hall–Kier alpha value is -2.13. The molecule has 6 nitrogen and oxygen atoms in total. The fraction of sp³-hybridized carbons (Fsp3) is 0.400. The summed E-state index contributed by atoms with van der Waals surface area (Å²) in [6, 6.07) is 2.53. The van der Waals surface area contributed by atoms with Gasteiger partial charge in [0.1, 0.15) is 10.8 Å². The third-order valence-electron chi connectivity index (χ3n) is 3.82. The highest BCUT2D eigenvalue weighted by Crippen LogP contribution is 2.28. The van der Waals surface area contributed by atoms with E-state index in [-0.39, 0.29) is 28.8 Å². The van der Waals surface area contributed by atoms with E-state index in [1.54, 1.807) is 7.05 Å². The molecule has 3 heterocycles. The molecule has 0 aliphatic carbocycles. The number of likely N-dealkylation sites (N-methyl/N-ethyl adjacent to an activating group) is 1. The summed E-state index contributed by atoms with van der Waals surface area (Å²) in [5.41, 5.74) is -0.416. The molecule has 25 heavy (non-hydrogen) atoms. The van der Waals surface area contributed by atoms with Crippen molar-refractivity contribution in [2.45, 2.75) is 5.92 Å². The van der Waals surface area contributed by atoms with Crippen LogP contribution in [0.2, 0.25) is 5.02 Å². The molecular weight excluding hydrogens is 359 g/mol. The maximum atomic E-state index is 14.1. The van der Waals surface area contributed by atoms with Crippen molar-refractivity contribution in [2.24, 2.45) is 0 Å². The van der Waals surface area contributed by atoms with E-state index < -0.39 is 30.5 Å². The van der Waals surface area contributed by atoms with Gasteiger partial charge in [-0.3, -0.25) is 9.69 Å². The van der Waals surface area contributed by atoms with Crippen LogP contribution in [0, 0.1) is 5.95 Å². The topological polar surface area (TPSA) is 65.1 Å². The Bertz CT molecular complexity index is 844. The second kappa shape index (κ2) is 6.64. The number of H-pyrrole nitrogens is 1. The Balaban J connectivity index is 2.05. The van der Waals surface area contributed by atoms with E-state index in [0.29, 0.717) is 6.54 Å². The van der Waals surface area contributed by atoms with Crippen molar-refractivity contribution in [3.05, 3.63) is 39.7 Å². The average molecular weight is 374 g/mol. The van der Waals surface area contributed by atoms with Crippen LogP contribution in [0.5, 0.6) is 0 Å². The first kappa shape index (κ1) is 17.7. The van der Waals surface area contributed by atoms with Crippen LogP contribution in [-0.4, -0.2) is 59.0 Å². The molecule has 0 unspecified atom stereocenters. The minimum Gasteiger partial charge on any atom is -0.348 e. The number of aromatic nitrogens is 3. The largest absolute Gasteiger partial charge is 0.348 e. The van der Waals surface area contributed by atoms with Crippen LogP contribution in [0.1, 0.15) is 0 Å². The highest BCUT2D eigenvalue weighted by molar-refractivity contribution is 6.32. The molecule has 1 aliphatic heterocycles. The number of nitrogens with one attached hydrogen (secondary N) is 1. The second-order valence-corrected chi connectivity index (χ2v) is 6.31. The molecule has 2 aromatic heterocycles. The zero-order valence-corrected chi connectivity index (χ0v) is 14.0. The first-order valence-electron chi connectivity index (χ1n) is 7.48. The van der Waals surface area contributed by atoms with Gasteiger partial charge in [0, 0.05) is 30.9 Å². The fourth-order valence-electron chi connectivity index (χ4n) is 2.70. The summed E-state index contributed by atoms with van der Waals surface area (Å²) in [5, 5.41) is -0.279. The zero-order valence-electron chi connectivity index (χ0n) is 13.3. The van der Waals surface area contributed by atoms with E-state index >= 15 is 0 Å². The molecule has 3 rings (SSSR count). The van der Waals surface area contributed by atoms with Gasteiger partial charge in [-0.05, 0) is 13.1 Å². The number of anilines is 1. The molecule has 0 aromatic carbocycles. The number of aromatic amines is 1. The second-order valence-electron chi connectivity index (χ2n) is 5.93. The molecule has 0 atom stereocenters. The monoisotopic (exact) mass is 373 g/mol. The lowest BCUT2D eigenvalue weighted by Crippen LogP contribution is -2.39. The number of hydrogen-bond donors (Lipinski definition) is 1. The van der Waals surface area contributed by atoms with Crippen molar-refractivity contribution >= 4 is 17.4 Å². The predicted octanol–water partition coefficient (Wildman–Crippen LogP) is 2.01. The number of alkyl halides is 2. The molecule has 10 heteroatoms. The van der Waals surface area contributed by atoms with Crippen molar-refractivity contribution in [1.82, 2.24) is 19.9 Å². The highest BCUT2D eigenvalue weighted by Gasteiger charge is 2.37. The van der Waals surface area contributed by atoms with Crippen molar-refractivity contribution in [1.29, 1.82) is 0 Å². The molecule has 0 radical (unpaired) electrons. The molecule has 1 aliphatic rings. The van der Waals surface area contributed by atoms with E-state index in [4.69, 9.17) is 11.6 Å². The van der Waals surface area contributed by atoms with Crippen LogP contribution >= 0.6 is 11.6 Å². The van der Waals surface area contributed by atoms with Crippen LogP contribution < -0.4 is 10.5 Å². The van der Waals surface area contributed by atoms with Crippen LogP contribution in [0.15, 0.2) is 23.1 Å². The van der Waals surface area contributed by atoms with Gasteiger partial charge in [-0.1, -0.05) is 11.6 Å². The Labute approximate surface area is 146 Å². The van der Waals surface area contributed by atoms with Crippen LogP contribution in [0.3, 0.4) is 0 Å². The molecule has 0 saturated carbocycles. The summed E-state index contributed by atoms with van der Waals surface area (Å²) >= 11 is 6.01. The molecular formula is C15H15ClF3N5O. The Morgan fingerprint density at radius 3 is 2.80 bits per heavy atom. The first-order chi connectivity index (χ1) is 11.7. The molecule has 2 aromatic rings. The quantitative estimate of drug-likeness (QED) is 0.816. The van der Waals surface area contributed by atoms with Gasteiger partial charge in [0.15, 0.2) is 5.82 Å². The lowest BCUT2D eigenvalue weighted by molar-refractivity contribution is -0.00945. The van der Waals surface area contributed by atoms with Gasteiger partial charge >= 0.3 is 0 Å². The molecule has 0 spiro atoms. The van der Waals surface area contributed by atoms with Gasteiger partial charge in [0.25, 0.3) is 11.5 Å². The smallest absolute Gasteiger partial charge is 0.277 e. The zero-order chi connectivity index (χ0) is 18.2. The van der Waals surface area contributed by atoms with Gasteiger partial charge < -0.3 is 9.88 Å². The van der Waals surface area contributed by atoms with E-state index in [1.807, 2.05) is 0 Å². The summed E-state index contributed by atoms with van der Waals surface area (Å²) in [7, 11) is 1.59. The molecule has 1 saturated heterocycles. The van der Waals surface area contributed by atoms with E-state index in [9.17, 15) is 18.0 Å². The lowest BCUT2D eigenvalue weighted by Gasteiger charge is -2.25. The van der Waals surface area contributed by atoms with Crippen molar-refractivity contribution in [2.75, 3.05) is 38.1 Å². The predicted molar refractivity (Wildman–Crippen MR) is 87.7 cm³/mol. The third kappa shape index (κ3) is 3.93. The summed E-state index contributed by atoms with van der Waals surface area (Å²) < 4.78 is 41.4. The highest BCUT2D eigenvalue weighted by atomic mass is 35.5. The summed E-state index contributed by atoms with van der Waals surface area (Å²) in [4.78, 5) is 24.9. The summed E-state index contributed by atoms with van der Waals surface area (Å²) in [5.74, 6) is -3.75. The van der Waals surface area contributed by atoms with E-state index in [1.165, 1.54) is 22.1 Å². The van der Waals surface area contributed by atoms with Gasteiger partial charge in [-0.15, -0.1) is 0 Å². The minimum atomic E-state index is -2.98. The first-order valence-corrected chi connectivity index (χ1v) is 7.86. The summed E-state index contributed by atoms with van der Waals surface area (Å²) in [6.07, 6.45) is 1.22. The van der Waals surface area contributed by atoms with Crippen LogP contribution in [0.4, 0.5) is 19.0 Å². The standard InChI is InChI=1S/C15H15ClF3N5O/c1-23-4-5-24(8-15(18,19)7-23)13-11(16)14(25)22-12(21-13)9-2-3-20-10(17)6-9/h2-3,6H,4-5,7-8H2,1H3,(H,21,22,25). The maximum absolute atomic E-state index is 14.1. The number of pyridine rings is 1. The minimum absolute atomic E-state index is 0.0339. The molecule has 0 amide bonds. The Kier molecular flexibility index (Phi) is 4.70. The van der Waals surface area contributed by atoms with Crippen LogP contribution in [0.25, 0.3) is 11.4 Å². The number of hydrogen-bond acceptors (Lipinski definition) is 5. The molecule has 1 N–H and O–H groups in total. The molecule has 1 fully saturated rings. The van der Waals surface area contributed by atoms with E-state index in [2.05, 4.69) is 15.0 Å². The molecule has 0 bridgehead atoms. The van der Waals surface area contributed by atoms with Crippen molar-refractivity contribution in [3.63, 3.8) is 0 Å². The Morgan fingerprint density at radius 1 is 1.32 bits per heavy atom. The normalized spacial score (nSPS) is 18.2. The number of rotatable bonds is 2. The van der Waals surface area contributed by atoms with Crippen molar-refractivity contribution in [3.8, 4) is 11.4 Å². The van der Waals surface area contributed by atoms with Crippen LogP contribution in [-0.2, 0) is 0 Å². The lowest BCUT2D eigenvalue weighted by atomic mass is 10.2. The van der Waals surface area contributed by atoms with Gasteiger partial charge in [-0.2, -0.15) is 4.39 Å². The molecule has 134 valence electrons. The average Bonchev–Trinajstić information content (AvgIpc) is 2.67. The van der Waals surface area contributed by atoms with Crippen molar-refractivity contribution < 1.29 is 13.2 Å². The summed E-state index contributed by atoms with van der Waals surface area (Å²) in [6.45, 7) is -0.420. The third-order valence-corrected chi connectivity index (χ3v) is 4.16. The fourth-order valence-corrected chi connectivity index (χ4v) is 2.91. The van der Waals surface area contributed by atoms with Gasteiger partial charge in [0.2, 0.25) is 5.95 Å². The van der Waals surface area contributed by atoms with Gasteiger partial charge in [0.05, 0.1) is 13.1 Å². The van der Waals surface area contributed by atoms with E-state index in [0.717, 1.165) is 6.07 Å². The maximum Gasteiger partial charge on any atom is 0.277 e. The Morgan fingerprint density at radius 2 is 2.08 bits per heavy atom. The number of nitrogens with zero attached hydrogens (tertiary/aromatic N) is 4. The van der Waals surface area contributed by atoms with Gasteiger partial charge in [-0.25, -0.2) is 18.7 Å². The SMILES string of the molecule is CN1CCN(c2nc(-c3ccnc(F)c3)[nH]c(=O)c2Cl)CC(F)(F)C1. The number of halogens is 4.